The summed E-state index contributed by atoms with van der Waals surface area (Å²) in [6, 6.07) is 12.3. The van der Waals surface area contributed by atoms with Gasteiger partial charge in [0.1, 0.15) is 5.58 Å². The number of benzene rings is 2. The summed E-state index contributed by atoms with van der Waals surface area (Å²) in [5.41, 5.74) is 3.15. The van der Waals surface area contributed by atoms with E-state index < -0.39 is 12.6 Å². The highest BCUT2D eigenvalue weighted by atomic mass is 16.5. The zero-order valence-electron chi connectivity index (χ0n) is 14.9. The topological polar surface area (TPSA) is 85.6 Å². The summed E-state index contributed by atoms with van der Waals surface area (Å²) in [6.07, 6.45) is 0. The fourth-order valence-electron chi connectivity index (χ4n) is 3.24. The van der Waals surface area contributed by atoms with Crippen LogP contribution in [-0.4, -0.2) is 24.3 Å². The predicted octanol–water partition coefficient (Wildman–Crippen LogP) is 3.84. The summed E-state index contributed by atoms with van der Waals surface area (Å²) in [5.74, 6) is -1.33. The van der Waals surface area contributed by atoms with E-state index in [4.69, 9.17) is 9.15 Å². The number of anilines is 1. The minimum absolute atomic E-state index is 0.0959. The summed E-state index contributed by atoms with van der Waals surface area (Å²) in [7, 11) is 0. The molecule has 136 valence electrons. The Hall–Kier alpha value is -3.41. The molecule has 0 saturated heterocycles. The third-order valence-electron chi connectivity index (χ3n) is 4.85. The van der Waals surface area contributed by atoms with Crippen LogP contribution < -0.4 is 5.32 Å². The van der Waals surface area contributed by atoms with Crippen molar-refractivity contribution in [2.75, 3.05) is 11.9 Å². The molecule has 0 fully saturated rings. The zero-order chi connectivity index (χ0) is 19.1. The van der Waals surface area contributed by atoms with Crippen LogP contribution in [0, 0.1) is 6.92 Å². The molecule has 27 heavy (non-hydrogen) atoms. The van der Waals surface area contributed by atoms with Crippen LogP contribution in [0.4, 0.5) is 5.69 Å². The second kappa shape index (κ2) is 6.39. The summed E-state index contributed by atoms with van der Waals surface area (Å²) >= 11 is 0. The highest BCUT2D eigenvalue weighted by Gasteiger charge is 2.27. The molecule has 1 amide bonds. The highest BCUT2D eigenvalue weighted by Crippen LogP contribution is 2.32. The van der Waals surface area contributed by atoms with Crippen molar-refractivity contribution in [2.24, 2.45) is 0 Å². The molecule has 1 atom stereocenters. The number of nitrogens with one attached hydrogen (secondary N) is 1. The first-order valence-electron chi connectivity index (χ1n) is 8.59. The first kappa shape index (κ1) is 17.0. The highest BCUT2D eigenvalue weighted by molar-refractivity contribution is 6.05. The summed E-state index contributed by atoms with van der Waals surface area (Å²) in [5, 5.41) is 3.59. The van der Waals surface area contributed by atoms with Crippen LogP contribution in [-0.2, 0) is 9.53 Å². The Morgan fingerprint density at radius 3 is 2.74 bits per heavy atom. The molecule has 1 aliphatic rings. The summed E-state index contributed by atoms with van der Waals surface area (Å²) in [6.45, 7) is 3.15. The van der Waals surface area contributed by atoms with Crippen LogP contribution in [0.3, 0.4) is 0 Å². The molecule has 3 aromatic rings. The molecular formula is C21H17NO5. The number of Topliss-reactive ketones (excluding diaryl/α,β-unsaturated/α-hetero) is 1. The van der Waals surface area contributed by atoms with Crippen LogP contribution in [0.5, 0.6) is 0 Å². The number of esters is 1. The Labute approximate surface area is 155 Å². The van der Waals surface area contributed by atoms with Gasteiger partial charge >= 0.3 is 5.97 Å². The van der Waals surface area contributed by atoms with Gasteiger partial charge in [0.25, 0.3) is 0 Å². The van der Waals surface area contributed by atoms with Crippen molar-refractivity contribution in [1.82, 2.24) is 0 Å². The lowest BCUT2D eigenvalue weighted by molar-refractivity contribution is -0.116. The van der Waals surface area contributed by atoms with Crippen molar-refractivity contribution >= 4 is 34.3 Å². The maximum absolute atomic E-state index is 12.4. The van der Waals surface area contributed by atoms with Crippen LogP contribution in [0.2, 0.25) is 0 Å². The number of rotatable bonds is 4. The second-order valence-electron chi connectivity index (χ2n) is 6.56. The van der Waals surface area contributed by atoms with E-state index in [0.29, 0.717) is 22.4 Å². The van der Waals surface area contributed by atoms with Crippen molar-refractivity contribution < 1.29 is 23.5 Å². The fraction of sp³-hybridized carbons (Fsp3) is 0.190. The smallest absolute Gasteiger partial charge is 0.375 e. The van der Waals surface area contributed by atoms with Crippen LogP contribution >= 0.6 is 0 Å². The van der Waals surface area contributed by atoms with Gasteiger partial charge in [-0.1, -0.05) is 18.2 Å². The first-order valence-corrected chi connectivity index (χ1v) is 8.59. The third kappa shape index (κ3) is 2.89. The SMILES string of the molecule is Cc1c(C(=O)OCC(=O)c2ccc3c(c2)[C@@H](C)C(=O)N3)oc2ccccc12. The Bertz CT molecular complexity index is 1100. The molecular weight excluding hydrogens is 346 g/mol. The van der Waals surface area contributed by atoms with Crippen LogP contribution in [0.15, 0.2) is 46.9 Å². The summed E-state index contributed by atoms with van der Waals surface area (Å²) in [4.78, 5) is 36.5. The molecule has 2 aromatic carbocycles. The molecule has 0 spiro atoms. The van der Waals surface area contributed by atoms with Crippen molar-refractivity contribution in [3.05, 3.63) is 64.9 Å². The summed E-state index contributed by atoms with van der Waals surface area (Å²) < 4.78 is 10.7. The number of carbonyl (C=O) groups is 3. The predicted molar refractivity (Wildman–Crippen MR) is 99.1 cm³/mol. The molecule has 1 aromatic heterocycles. The molecule has 0 unspecified atom stereocenters. The number of fused-ring (bicyclic) bond motifs is 2. The van der Waals surface area contributed by atoms with Gasteiger partial charge in [0.2, 0.25) is 11.7 Å². The Morgan fingerprint density at radius 2 is 1.96 bits per heavy atom. The zero-order valence-corrected chi connectivity index (χ0v) is 14.9. The molecule has 2 heterocycles. The normalized spacial score (nSPS) is 15.5. The molecule has 1 aliphatic heterocycles. The van der Waals surface area contributed by atoms with Crippen LogP contribution in [0.25, 0.3) is 11.0 Å². The molecule has 0 aliphatic carbocycles. The molecule has 1 N–H and O–H groups in total. The van der Waals surface area contributed by atoms with Crippen molar-refractivity contribution in [2.45, 2.75) is 19.8 Å². The van der Waals surface area contributed by atoms with Gasteiger partial charge in [-0.15, -0.1) is 0 Å². The monoisotopic (exact) mass is 363 g/mol. The van der Waals surface area contributed by atoms with E-state index in [1.807, 2.05) is 18.2 Å². The Balaban J connectivity index is 1.48. The van der Waals surface area contributed by atoms with Gasteiger partial charge in [-0.3, -0.25) is 9.59 Å². The van der Waals surface area contributed by atoms with E-state index in [0.717, 1.165) is 10.9 Å². The number of amides is 1. The number of furan rings is 1. The number of ether oxygens (including phenoxy) is 1. The quantitative estimate of drug-likeness (QED) is 0.562. The fourth-order valence-corrected chi connectivity index (χ4v) is 3.24. The maximum atomic E-state index is 12.4. The first-order chi connectivity index (χ1) is 13.0. The number of para-hydroxylation sites is 1. The molecule has 6 nitrogen and oxygen atoms in total. The average molecular weight is 363 g/mol. The number of hydrogen-bond acceptors (Lipinski definition) is 5. The van der Waals surface area contributed by atoms with Crippen molar-refractivity contribution in [3.8, 4) is 0 Å². The van der Waals surface area contributed by atoms with E-state index in [2.05, 4.69) is 5.32 Å². The van der Waals surface area contributed by atoms with Crippen molar-refractivity contribution in [3.63, 3.8) is 0 Å². The lowest BCUT2D eigenvalue weighted by Gasteiger charge is -2.06. The molecule has 6 heteroatoms. The Morgan fingerprint density at radius 1 is 1.19 bits per heavy atom. The molecule has 0 bridgehead atoms. The Kier molecular flexibility index (Phi) is 4.03. The van der Waals surface area contributed by atoms with Crippen molar-refractivity contribution in [1.29, 1.82) is 0 Å². The van der Waals surface area contributed by atoms with E-state index in [-0.39, 0.29) is 23.4 Å². The van der Waals surface area contributed by atoms with Gasteiger partial charge in [0.05, 0.1) is 5.92 Å². The van der Waals surface area contributed by atoms with Gasteiger partial charge in [0, 0.05) is 22.2 Å². The van der Waals surface area contributed by atoms with Crippen LogP contribution in [0.1, 0.15) is 44.9 Å². The number of aryl methyl sites for hydroxylation is 1. The van der Waals surface area contributed by atoms with E-state index >= 15 is 0 Å². The van der Waals surface area contributed by atoms with E-state index in [1.165, 1.54) is 0 Å². The van der Waals surface area contributed by atoms with Gasteiger partial charge in [0.15, 0.2) is 12.4 Å². The minimum Gasteiger partial charge on any atom is -0.451 e. The minimum atomic E-state index is -0.677. The van der Waals surface area contributed by atoms with E-state index in [1.54, 1.807) is 38.1 Å². The largest absolute Gasteiger partial charge is 0.451 e. The number of hydrogen-bond donors (Lipinski definition) is 1. The standard InChI is InChI=1S/C21H17NO5/c1-11-14-5-3-4-6-18(14)27-19(11)21(25)26-10-17(23)13-7-8-16-15(9-13)12(2)20(24)22-16/h3-9,12H,10H2,1-2H3,(H,22,24)/t12-/m1/s1. The van der Waals surface area contributed by atoms with Gasteiger partial charge in [-0.2, -0.15) is 0 Å². The molecule has 0 saturated carbocycles. The maximum Gasteiger partial charge on any atom is 0.375 e. The lowest BCUT2D eigenvalue weighted by atomic mass is 9.99. The van der Waals surface area contributed by atoms with Gasteiger partial charge < -0.3 is 14.5 Å². The number of ketones is 1. The molecule has 4 rings (SSSR count). The second-order valence-corrected chi connectivity index (χ2v) is 6.56. The molecule has 0 radical (unpaired) electrons. The average Bonchev–Trinajstić information content (AvgIpc) is 3.16. The van der Waals surface area contributed by atoms with Gasteiger partial charge in [-0.25, -0.2) is 4.79 Å². The third-order valence-corrected chi connectivity index (χ3v) is 4.85. The van der Waals surface area contributed by atoms with Gasteiger partial charge in [-0.05, 0) is 43.7 Å². The van der Waals surface area contributed by atoms with E-state index in [9.17, 15) is 14.4 Å². The lowest BCUT2D eigenvalue weighted by Crippen LogP contribution is -2.14. The number of carbonyl (C=O) groups excluding carboxylic acids is 3.